The maximum Gasteiger partial charge on any atom is 0.227 e. The first-order valence-corrected chi connectivity index (χ1v) is 7.63. The second kappa shape index (κ2) is 5.61. The van der Waals surface area contributed by atoms with Crippen LogP contribution in [0.4, 0.5) is 11.4 Å². The smallest absolute Gasteiger partial charge is 0.227 e. The third kappa shape index (κ3) is 2.88. The Bertz CT molecular complexity index is 453. The third-order valence-electron chi connectivity index (χ3n) is 3.51. The SMILES string of the molecule is CC1CCCC1C(=O)Nc1c(Br)cc(N)cc1Br. The quantitative estimate of drug-likeness (QED) is 0.762. The van der Waals surface area contributed by atoms with E-state index >= 15 is 0 Å². The molecule has 18 heavy (non-hydrogen) atoms. The first-order chi connectivity index (χ1) is 8.49. The Morgan fingerprint density at radius 1 is 1.33 bits per heavy atom. The van der Waals surface area contributed by atoms with Crippen molar-refractivity contribution in [3.8, 4) is 0 Å². The summed E-state index contributed by atoms with van der Waals surface area (Å²) < 4.78 is 1.60. The highest BCUT2D eigenvalue weighted by Crippen LogP contribution is 2.36. The molecule has 1 aromatic carbocycles. The lowest BCUT2D eigenvalue weighted by Gasteiger charge is -2.17. The molecule has 98 valence electrons. The van der Waals surface area contributed by atoms with Crippen LogP contribution in [0.25, 0.3) is 0 Å². The summed E-state index contributed by atoms with van der Waals surface area (Å²) in [4.78, 5) is 12.2. The van der Waals surface area contributed by atoms with Crippen molar-refractivity contribution in [1.29, 1.82) is 0 Å². The van der Waals surface area contributed by atoms with E-state index < -0.39 is 0 Å². The molecule has 1 amide bonds. The summed E-state index contributed by atoms with van der Waals surface area (Å²) in [6, 6.07) is 3.58. The minimum Gasteiger partial charge on any atom is -0.399 e. The van der Waals surface area contributed by atoms with Gasteiger partial charge in [-0.15, -0.1) is 0 Å². The molecule has 0 spiro atoms. The molecule has 1 aliphatic carbocycles. The summed E-state index contributed by atoms with van der Waals surface area (Å²) in [6.45, 7) is 2.14. The predicted molar refractivity (Wildman–Crippen MR) is 81.4 cm³/mol. The fraction of sp³-hybridized carbons (Fsp3) is 0.462. The maximum atomic E-state index is 12.2. The van der Waals surface area contributed by atoms with Crippen LogP contribution in [0.1, 0.15) is 26.2 Å². The van der Waals surface area contributed by atoms with Gasteiger partial charge in [0.15, 0.2) is 0 Å². The summed E-state index contributed by atoms with van der Waals surface area (Å²) in [6.07, 6.45) is 3.27. The van der Waals surface area contributed by atoms with Crippen LogP contribution in [-0.4, -0.2) is 5.91 Å². The van der Waals surface area contributed by atoms with Gasteiger partial charge in [-0.1, -0.05) is 13.3 Å². The van der Waals surface area contributed by atoms with E-state index in [0.717, 1.165) is 33.9 Å². The van der Waals surface area contributed by atoms with Crippen LogP contribution in [0.2, 0.25) is 0 Å². The van der Waals surface area contributed by atoms with E-state index in [4.69, 9.17) is 5.73 Å². The number of halogens is 2. The van der Waals surface area contributed by atoms with Crippen LogP contribution < -0.4 is 11.1 Å². The minimum atomic E-state index is 0.103. The molecule has 1 fully saturated rings. The maximum absolute atomic E-state index is 12.2. The first kappa shape index (κ1) is 13.9. The number of nitrogens with one attached hydrogen (secondary N) is 1. The van der Waals surface area contributed by atoms with E-state index in [2.05, 4.69) is 44.1 Å². The number of hydrogen-bond donors (Lipinski definition) is 2. The molecule has 0 heterocycles. The van der Waals surface area contributed by atoms with Crippen LogP contribution in [0, 0.1) is 11.8 Å². The van der Waals surface area contributed by atoms with E-state index in [9.17, 15) is 4.79 Å². The Morgan fingerprint density at radius 3 is 2.44 bits per heavy atom. The molecule has 1 saturated carbocycles. The van der Waals surface area contributed by atoms with Crippen molar-refractivity contribution in [3.63, 3.8) is 0 Å². The van der Waals surface area contributed by atoms with Gasteiger partial charge in [-0.05, 0) is 62.8 Å². The highest BCUT2D eigenvalue weighted by molar-refractivity contribution is 9.11. The van der Waals surface area contributed by atoms with E-state index in [0.29, 0.717) is 11.6 Å². The van der Waals surface area contributed by atoms with E-state index in [1.54, 1.807) is 12.1 Å². The van der Waals surface area contributed by atoms with Crippen molar-refractivity contribution in [2.24, 2.45) is 11.8 Å². The summed E-state index contributed by atoms with van der Waals surface area (Å²) in [5, 5.41) is 2.99. The predicted octanol–water partition coefficient (Wildman–Crippen LogP) is 4.17. The summed E-state index contributed by atoms with van der Waals surface area (Å²) >= 11 is 6.85. The van der Waals surface area contributed by atoms with Crippen molar-refractivity contribution < 1.29 is 4.79 Å². The highest BCUT2D eigenvalue weighted by atomic mass is 79.9. The van der Waals surface area contributed by atoms with Crippen molar-refractivity contribution in [2.45, 2.75) is 26.2 Å². The molecule has 1 aliphatic rings. The number of hydrogen-bond acceptors (Lipinski definition) is 2. The molecule has 2 atom stereocenters. The van der Waals surface area contributed by atoms with Gasteiger partial charge >= 0.3 is 0 Å². The van der Waals surface area contributed by atoms with Gasteiger partial charge in [0.25, 0.3) is 0 Å². The second-order valence-electron chi connectivity index (χ2n) is 4.86. The summed E-state index contributed by atoms with van der Waals surface area (Å²) in [7, 11) is 0. The molecule has 0 aliphatic heterocycles. The van der Waals surface area contributed by atoms with Gasteiger partial charge in [-0.3, -0.25) is 4.79 Å². The first-order valence-electron chi connectivity index (χ1n) is 6.04. The minimum absolute atomic E-state index is 0.103. The van der Waals surface area contributed by atoms with Crippen LogP contribution in [0.5, 0.6) is 0 Å². The van der Waals surface area contributed by atoms with Gasteiger partial charge in [0.2, 0.25) is 5.91 Å². The highest BCUT2D eigenvalue weighted by Gasteiger charge is 2.30. The molecule has 0 aromatic heterocycles. The molecular weight excluding hydrogens is 360 g/mol. The van der Waals surface area contributed by atoms with Crippen molar-refractivity contribution >= 4 is 49.1 Å². The number of carbonyl (C=O) groups is 1. The van der Waals surface area contributed by atoms with E-state index in [-0.39, 0.29) is 11.8 Å². The lowest BCUT2D eigenvalue weighted by atomic mass is 9.97. The lowest BCUT2D eigenvalue weighted by molar-refractivity contribution is -0.120. The number of benzene rings is 1. The normalized spacial score (nSPS) is 23.1. The lowest BCUT2D eigenvalue weighted by Crippen LogP contribution is -2.24. The zero-order valence-corrected chi connectivity index (χ0v) is 13.3. The molecule has 2 rings (SSSR count). The fourth-order valence-electron chi connectivity index (χ4n) is 2.46. The largest absolute Gasteiger partial charge is 0.399 e. The molecule has 0 radical (unpaired) electrons. The Hall–Kier alpha value is -0.550. The molecule has 5 heteroatoms. The van der Waals surface area contributed by atoms with Gasteiger partial charge in [-0.2, -0.15) is 0 Å². The molecule has 3 nitrogen and oxygen atoms in total. The number of nitrogen functional groups attached to an aromatic ring is 1. The molecule has 3 N–H and O–H groups in total. The zero-order valence-electron chi connectivity index (χ0n) is 10.2. The van der Waals surface area contributed by atoms with Crippen molar-refractivity contribution in [3.05, 3.63) is 21.1 Å². The topological polar surface area (TPSA) is 55.1 Å². The molecule has 0 saturated heterocycles. The number of anilines is 2. The second-order valence-corrected chi connectivity index (χ2v) is 6.57. The van der Waals surface area contributed by atoms with Gasteiger partial charge in [-0.25, -0.2) is 0 Å². The molecular formula is C13H16Br2N2O. The van der Waals surface area contributed by atoms with Crippen molar-refractivity contribution in [1.82, 2.24) is 0 Å². The Labute approximate surface area is 124 Å². The fourth-order valence-corrected chi connectivity index (χ4v) is 3.88. The number of carbonyl (C=O) groups excluding carboxylic acids is 1. The molecule has 1 aromatic rings. The summed E-state index contributed by atoms with van der Waals surface area (Å²) in [5.41, 5.74) is 7.14. The average molecular weight is 376 g/mol. The zero-order chi connectivity index (χ0) is 13.3. The Kier molecular flexibility index (Phi) is 4.33. The summed E-state index contributed by atoms with van der Waals surface area (Å²) in [5.74, 6) is 0.698. The van der Waals surface area contributed by atoms with Gasteiger partial charge in [0.1, 0.15) is 0 Å². The van der Waals surface area contributed by atoms with Gasteiger partial charge in [0.05, 0.1) is 5.69 Å². The van der Waals surface area contributed by atoms with Crippen LogP contribution in [0.3, 0.4) is 0 Å². The van der Waals surface area contributed by atoms with Crippen LogP contribution >= 0.6 is 31.9 Å². The van der Waals surface area contributed by atoms with Crippen molar-refractivity contribution in [2.75, 3.05) is 11.1 Å². The molecule has 2 unspecified atom stereocenters. The van der Waals surface area contributed by atoms with Gasteiger partial charge in [0, 0.05) is 20.6 Å². The van der Waals surface area contributed by atoms with E-state index in [1.165, 1.54) is 0 Å². The third-order valence-corrected chi connectivity index (χ3v) is 4.76. The molecule has 0 bridgehead atoms. The Balaban J connectivity index is 2.17. The number of rotatable bonds is 2. The Morgan fingerprint density at radius 2 is 1.94 bits per heavy atom. The number of nitrogens with two attached hydrogens (primary N) is 1. The van der Waals surface area contributed by atoms with Crippen LogP contribution in [0.15, 0.2) is 21.1 Å². The van der Waals surface area contributed by atoms with Gasteiger partial charge < -0.3 is 11.1 Å². The standard InChI is InChI=1S/C13H16Br2N2O/c1-7-3-2-4-9(7)13(18)17-12-10(14)5-8(16)6-11(12)15/h5-7,9H,2-4,16H2,1H3,(H,17,18). The van der Waals surface area contributed by atoms with Crippen LogP contribution in [-0.2, 0) is 4.79 Å². The average Bonchev–Trinajstić information content (AvgIpc) is 2.69. The monoisotopic (exact) mass is 374 g/mol. The van der Waals surface area contributed by atoms with E-state index in [1.807, 2.05) is 0 Å². The number of amides is 1.